The molecule has 0 bridgehead atoms. The lowest BCUT2D eigenvalue weighted by Crippen LogP contribution is -2.31. The first-order valence-electron chi connectivity index (χ1n) is 6.47. The third-order valence-electron chi connectivity index (χ3n) is 2.63. The van der Waals surface area contributed by atoms with E-state index in [1.54, 1.807) is 0 Å². The molecule has 0 spiro atoms. The van der Waals surface area contributed by atoms with Crippen molar-refractivity contribution in [2.24, 2.45) is 5.92 Å². The molecule has 0 aliphatic rings. The lowest BCUT2D eigenvalue weighted by molar-refractivity contribution is -0.116. The molecule has 0 radical (unpaired) electrons. The zero-order valence-electron chi connectivity index (χ0n) is 11.6. The number of carbonyl (C=O) groups excluding carboxylic acids is 1. The Morgan fingerprint density at radius 2 is 2.20 bits per heavy atom. The molecule has 2 N–H and O–H groups in total. The number of hydrogen-bond acceptors (Lipinski definition) is 2. The molecule has 5 heteroatoms. The minimum absolute atomic E-state index is 0.0138. The number of hydrogen-bond donors (Lipinski definition) is 2. The van der Waals surface area contributed by atoms with Crippen molar-refractivity contribution < 1.29 is 14.3 Å². The number of halogens is 2. The highest BCUT2D eigenvalue weighted by atomic mass is 35.5. The second-order valence-corrected chi connectivity index (χ2v) is 5.44. The van der Waals surface area contributed by atoms with Crippen LogP contribution >= 0.6 is 11.6 Å². The quantitative estimate of drug-likeness (QED) is 0.793. The fourth-order valence-corrected chi connectivity index (χ4v) is 1.88. The molecule has 1 aromatic rings. The molecule has 3 nitrogen and oxygen atoms in total. The van der Waals surface area contributed by atoms with E-state index in [1.165, 1.54) is 30.4 Å². The summed E-state index contributed by atoms with van der Waals surface area (Å²) >= 11 is 5.64. The monoisotopic (exact) mass is 299 g/mol. The fourth-order valence-electron chi connectivity index (χ4n) is 1.69. The van der Waals surface area contributed by atoms with E-state index in [2.05, 4.69) is 5.32 Å². The highest BCUT2D eigenvalue weighted by Gasteiger charge is 2.07. The van der Waals surface area contributed by atoms with Crippen molar-refractivity contribution in [3.63, 3.8) is 0 Å². The number of nitrogens with one attached hydrogen (secondary N) is 1. The van der Waals surface area contributed by atoms with Gasteiger partial charge >= 0.3 is 0 Å². The van der Waals surface area contributed by atoms with E-state index in [-0.39, 0.29) is 17.5 Å². The lowest BCUT2D eigenvalue weighted by Gasteiger charge is -2.12. The number of amides is 1. The number of aliphatic hydroxyl groups excluding tert-OH is 1. The minimum atomic E-state index is -0.549. The summed E-state index contributed by atoms with van der Waals surface area (Å²) in [6, 6.07) is 4.21. The Hall–Kier alpha value is -1.39. The van der Waals surface area contributed by atoms with Crippen molar-refractivity contribution >= 4 is 23.6 Å². The molecular weight excluding hydrogens is 281 g/mol. The van der Waals surface area contributed by atoms with Gasteiger partial charge in [0.15, 0.2) is 0 Å². The first-order valence-corrected chi connectivity index (χ1v) is 6.85. The Labute approximate surface area is 123 Å². The summed E-state index contributed by atoms with van der Waals surface area (Å²) in [5, 5.41) is 12.2. The second-order valence-electron chi connectivity index (χ2n) is 5.04. The largest absolute Gasteiger partial charge is 0.391 e. The summed E-state index contributed by atoms with van der Waals surface area (Å²) in [4.78, 5) is 11.5. The van der Waals surface area contributed by atoms with Gasteiger partial charge in [-0.3, -0.25) is 4.79 Å². The third kappa shape index (κ3) is 6.17. The van der Waals surface area contributed by atoms with Crippen LogP contribution in [0.4, 0.5) is 4.39 Å². The van der Waals surface area contributed by atoms with Crippen molar-refractivity contribution in [3.05, 3.63) is 40.7 Å². The van der Waals surface area contributed by atoms with Crippen LogP contribution in [0.1, 0.15) is 25.8 Å². The van der Waals surface area contributed by atoms with E-state index >= 15 is 0 Å². The van der Waals surface area contributed by atoms with Gasteiger partial charge in [0.25, 0.3) is 0 Å². The smallest absolute Gasteiger partial charge is 0.244 e. The summed E-state index contributed by atoms with van der Waals surface area (Å²) in [5.41, 5.74) is 0.634. The van der Waals surface area contributed by atoms with Crippen LogP contribution < -0.4 is 5.32 Å². The Bertz CT molecular complexity index is 489. The maximum absolute atomic E-state index is 12.9. The molecule has 1 atom stereocenters. The normalized spacial score (nSPS) is 12.9. The van der Waals surface area contributed by atoms with E-state index in [0.717, 1.165) is 0 Å². The maximum atomic E-state index is 12.9. The molecule has 1 aromatic carbocycles. The number of carbonyl (C=O) groups is 1. The highest BCUT2D eigenvalue weighted by molar-refractivity contribution is 6.30. The molecule has 0 aromatic heterocycles. The number of benzene rings is 1. The van der Waals surface area contributed by atoms with E-state index in [1.807, 2.05) is 13.8 Å². The van der Waals surface area contributed by atoms with Crippen molar-refractivity contribution in [2.75, 3.05) is 6.54 Å². The first-order chi connectivity index (χ1) is 9.38. The van der Waals surface area contributed by atoms with Gasteiger partial charge in [0, 0.05) is 12.6 Å². The van der Waals surface area contributed by atoms with Crippen molar-refractivity contribution in [3.8, 4) is 0 Å². The molecule has 1 amide bonds. The van der Waals surface area contributed by atoms with Gasteiger partial charge < -0.3 is 10.4 Å². The lowest BCUT2D eigenvalue weighted by atomic mass is 10.1. The third-order valence-corrected chi connectivity index (χ3v) is 2.92. The molecular formula is C15H19ClFNO2. The molecule has 0 aliphatic carbocycles. The second kappa shape index (κ2) is 8.02. The fraction of sp³-hybridized carbons (Fsp3) is 0.400. The van der Waals surface area contributed by atoms with Crippen LogP contribution in [0.2, 0.25) is 5.02 Å². The van der Waals surface area contributed by atoms with Gasteiger partial charge in [-0.05, 0) is 36.1 Å². The van der Waals surface area contributed by atoms with Gasteiger partial charge in [-0.1, -0.05) is 31.5 Å². The first kappa shape index (κ1) is 16.7. The van der Waals surface area contributed by atoms with Crippen molar-refractivity contribution in [1.82, 2.24) is 5.32 Å². The minimum Gasteiger partial charge on any atom is -0.391 e. The van der Waals surface area contributed by atoms with Crippen LogP contribution in [0, 0.1) is 11.7 Å². The zero-order chi connectivity index (χ0) is 15.1. The maximum Gasteiger partial charge on any atom is 0.244 e. The van der Waals surface area contributed by atoms with E-state index in [4.69, 9.17) is 11.6 Å². The Balaban J connectivity index is 2.45. The topological polar surface area (TPSA) is 49.3 Å². The Kier molecular flexibility index (Phi) is 6.68. The van der Waals surface area contributed by atoms with E-state index in [9.17, 15) is 14.3 Å². The molecule has 0 aliphatic heterocycles. The van der Waals surface area contributed by atoms with Crippen LogP contribution in [0.25, 0.3) is 6.08 Å². The number of rotatable bonds is 6. The predicted octanol–water partition coefficient (Wildman–Crippen LogP) is 3.02. The summed E-state index contributed by atoms with van der Waals surface area (Å²) in [5.74, 6) is -0.433. The summed E-state index contributed by atoms with van der Waals surface area (Å²) in [6.45, 7) is 4.22. The zero-order valence-corrected chi connectivity index (χ0v) is 12.3. The summed E-state index contributed by atoms with van der Waals surface area (Å²) < 4.78 is 12.9. The Morgan fingerprint density at radius 3 is 2.80 bits per heavy atom. The molecule has 0 saturated carbocycles. The van der Waals surface area contributed by atoms with Crippen molar-refractivity contribution in [2.45, 2.75) is 26.4 Å². The van der Waals surface area contributed by atoms with Crippen LogP contribution in [0.3, 0.4) is 0 Å². The van der Waals surface area contributed by atoms with Crippen LogP contribution in [-0.4, -0.2) is 23.7 Å². The molecule has 1 unspecified atom stereocenters. The summed E-state index contributed by atoms with van der Waals surface area (Å²) in [7, 11) is 0. The molecule has 0 saturated heterocycles. The van der Waals surface area contributed by atoms with Crippen LogP contribution in [0.5, 0.6) is 0 Å². The standard InChI is InChI=1S/C15H19ClFNO2/c1-10(2)7-12(19)9-18-15(20)6-4-11-3-5-14(17)13(16)8-11/h3-6,8,10,12,19H,7,9H2,1-2H3,(H,18,20)/b6-4+. The van der Waals surface area contributed by atoms with Crippen LogP contribution in [0.15, 0.2) is 24.3 Å². The van der Waals surface area contributed by atoms with Gasteiger partial charge in [0.05, 0.1) is 11.1 Å². The Morgan fingerprint density at radius 1 is 1.50 bits per heavy atom. The average molecular weight is 300 g/mol. The van der Waals surface area contributed by atoms with Gasteiger partial charge in [0.2, 0.25) is 5.91 Å². The van der Waals surface area contributed by atoms with Crippen LogP contribution in [-0.2, 0) is 4.79 Å². The molecule has 0 heterocycles. The van der Waals surface area contributed by atoms with E-state index in [0.29, 0.717) is 17.9 Å². The SMILES string of the molecule is CC(C)CC(O)CNC(=O)/C=C/c1ccc(F)c(Cl)c1. The van der Waals surface area contributed by atoms with Gasteiger partial charge in [-0.2, -0.15) is 0 Å². The van der Waals surface area contributed by atoms with Gasteiger partial charge in [-0.15, -0.1) is 0 Å². The average Bonchev–Trinajstić information content (AvgIpc) is 2.37. The summed E-state index contributed by atoms with van der Waals surface area (Å²) in [6.07, 6.45) is 2.95. The molecule has 0 fully saturated rings. The van der Waals surface area contributed by atoms with Gasteiger partial charge in [0.1, 0.15) is 5.82 Å². The van der Waals surface area contributed by atoms with E-state index < -0.39 is 11.9 Å². The molecule has 110 valence electrons. The number of aliphatic hydroxyl groups is 1. The van der Waals surface area contributed by atoms with Gasteiger partial charge in [-0.25, -0.2) is 4.39 Å². The van der Waals surface area contributed by atoms with Crippen molar-refractivity contribution in [1.29, 1.82) is 0 Å². The highest BCUT2D eigenvalue weighted by Crippen LogP contribution is 2.16. The predicted molar refractivity (Wildman–Crippen MR) is 78.9 cm³/mol. The molecule has 20 heavy (non-hydrogen) atoms. The molecule has 1 rings (SSSR count).